The van der Waals surface area contributed by atoms with Gasteiger partial charge < -0.3 is 10.3 Å². The van der Waals surface area contributed by atoms with Crippen molar-refractivity contribution in [2.75, 3.05) is 6.54 Å². The number of hydrogen-bond acceptors (Lipinski definition) is 3. The molecule has 0 amide bonds. The predicted octanol–water partition coefficient (Wildman–Crippen LogP) is 0.271. The number of carbonyl (C=O) groups excluding carboxylic acids is 1. The Balaban J connectivity index is 2.41. The lowest BCUT2D eigenvalue weighted by molar-refractivity contribution is -0.118. The van der Waals surface area contributed by atoms with E-state index in [1.165, 1.54) is 0 Å². The van der Waals surface area contributed by atoms with Crippen LogP contribution in [0.4, 0.5) is 0 Å². The molecule has 0 saturated heterocycles. The number of rotatable bonds is 5. The molecular formula is C9H15N3O. The zero-order chi connectivity index (χ0) is 9.68. The summed E-state index contributed by atoms with van der Waals surface area (Å²) in [6, 6.07) is 0. The van der Waals surface area contributed by atoms with Crippen molar-refractivity contribution in [3.63, 3.8) is 0 Å². The minimum absolute atomic E-state index is 0.208. The molecule has 0 aliphatic carbocycles. The Morgan fingerprint density at radius 3 is 3.00 bits per heavy atom. The number of aromatic nitrogens is 2. The van der Waals surface area contributed by atoms with Crippen molar-refractivity contribution >= 4 is 5.78 Å². The minimum Gasteiger partial charge on any atom is -0.338 e. The normalized spacial score (nSPS) is 10.3. The van der Waals surface area contributed by atoms with E-state index in [1.807, 2.05) is 17.8 Å². The van der Waals surface area contributed by atoms with Crippen LogP contribution >= 0.6 is 0 Å². The Labute approximate surface area is 77.8 Å². The van der Waals surface area contributed by atoms with E-state index in [2.05, 4.69) is 4.98 Å². The van der Waals surface area contributed by atoms with Gasteiger partial charge >= 0.3 is 0 Å². The SMILES string of the molecule is Cn1ccnc1CC(=O)CCCN. The van der Waals surface area contributed by atoms with Gasteiger partial charge in [-0.25, -0.2) is 4.98 Å². The van der Waals surface area contributed by atoms with Crippen molar-refractivity contribution in [1.82, 2.24) is 9.55 Å². The van der Waals surface area contributed by atoms with E-state index in [0.717, 1.165) is 12.2 Å². The fraction of sp³-hybridized carbons (Fsp3) is 0.556. The Hall–Kier alpha value is -1.16. The smallest absolute Gasteiger partial charge is 0.140 e. The van der Waals surface area contributed by atoms with Crippen LogP contribution in [0, 0.1) is 0 Å². The van der Waals surface area contributed by atoms with Crippen LogP contribution in [0.1, 0.15) is 18.7 Å². The van der Waals surface area contributed by atoms with Crippen LogP contribution in [0.2, 0.25) is 0 Å². The molecule has 0 atom stereocenters. The van der Waals surface area contributed by atoms with Crippen molar-refractivity contribution < 1.29 is 4.79 Å². The van der Waals surface area contributed by atoms with E-state index < -0.39 is 0 Å². The first-order valence-corrected chi connectivity index (χ1v) is 4.42. The molecule has 0 bridgehead atoms. The number of Topliss-reactive ketones (excluding diaryl/α,β-unsaturated/α-hetero) is 1. The first kappa shape index (κ1) is 9.92. The summed E-state index contributed by atoms with van der Waals surface area (Å²) in [5.74, 6) is 1.03. The topological polar surface area (TPSA) is 60.9 Å². The quantitative estimate of drug-likeness (QED) is 0.709. The summed E-state index contributed by atoms with van der Waals surface area (Å²) in [5, 5.41) is 0. The molecule has 4 heteroatoms. The summed E-state index contributed by atoms with van der Waals surface area (Å²) in [4.78, 5) is 15.4. The fourth-order valence-electron chi connectivity index (χ4n) is 1.13. The van der Waals surface area contributed by atoms with E-state index in [9.17, 15) is 4.79 Å². The Bertz CT molecular complexity index is 280. The molecule has 1 aromatic rings. The Morgan fingerprint density at radius 2 is 2.46 bits per heavy atom. The molecule has 0 radical (unpaired) electrons. The first-order chi connectivity index (χ1) is 6.24. The van der Waals surface area contributed by atoms with Gasteiger partial charge in [0.05, 0.1) is 6.42 Å². The van der Waals surface area contributed by atoms with E-state index >= 15 is 0 Å². The maximum atomic E-state index is 11.3. The van der Waals surface area contributed by atoms with Crippen molar-refractivity contribution in [3.8, 4) is 0 Å². The number of ketones is 1. The van der Waals surface area contributed by atoms with Gasteiger partial charge in [0.2, 0.25) is 0 Å². The highest BCUT2D eigenvalue weighted by Crippen LogP contribution is 1.99. The molecule has 0 aromatic carbocycles. The van der Waals surface area contributed by atoms with Gasteiger partial charge in [-0.05, 0) is 13.0 Å². The second-order valence-corrected chi connectivity index (χ2v) is 3.06. The van der Waals surface area contributed by atoms with Crippen LogP contribution in [0.25, 0.3) is 0 Å². The molecule has 72 valence electrons. The van der Waals surface area contributed by atoms with E-state index in [-0.39, 0.29) is 5.78 Å². The zero-order valence-electron chi connectivity index (χ0n) is 7.86. The van der Waals surface area contributed by atoms with Crippen LogP contribution in [0.5, 0.6) is 0 Å². The summed E-state index contributed by atoms with van der Waals surface area (Å²) in [7, 11) is 1.89. The van der Waals surface area contributed by atoms with Crippen molar-refractivity contribution in [3.05, 3.63) is 18.2 Å². The Morgan fingerprint density at radius 1 is 1.69 bits per heavy atom. The summed E-state index contributed by atoms with van der Waals surface area (Å²) >= 11 is 0. The highest BCUT2D eigenvalue weighted by atomic mass is 16.1. The van der Waals surface area contributed by atoms with Gasteiger partial charge in [-0.15, -0.1) is 0 Å². The van der Waals surface area contributed by atoms with Gasteiger partial charge in [0, 0.05) is 25.9 Å². The average Bonchev–Trinajstić information content (AvgIpc) is 2.48. The highest BCUT2D eigenvalue weighted by Gasteiger charge is 2.06. The van der Waals surface area contributed by atoms with E-state index in [4.69, 9.17) is 5.73 Å². The summed E-state index contributed by atoms with van der Waals surface area (Å²) in [5.41, 5.74) is 5.31. The number of aryl methyl sites for hydroxylation is 1. The molecule has 13 heavy (non-hydrogen) atoms. The third-order valence-electron chi connectivity index (χ3n) is 1.94. The Kier molecular flexibility index (Phi) is 3.64. The third-order valence-corrected chi connectivity index (χ3v) is 1.94. The van der Waals surface area contributed by atoms with E-state index in [0.29, 0.717) is 19.4 Å². The molecule has 1 rings (SSSR count). The largest absolute Gasteiger partial charge is 0.338 e. The number of carbonyl (C=O) groups is 1. The van der Waals surface area contributed by atoms with Crippen LogP contribution in [-0.4, -0.2) is 21.9 Å². The number of imidazole rings is 1. The maximum absolute atomic E-state index is 11.3. The molecule has 0 fully saturated rings. The summed E-state index contributed by atoms with van der Waals surface area (Å²) in [6.45, 7) is 0.576. The minimum atomic E-state index is 0.208. The van der Waals surface area contributed by atoms with Gasteiger partial charge in [0.1, 0.15) is 11.6 Å². The van der Waals surface area contributed by atoms with Crippen molar-refractivity contribution in [2.24, 2.45) is 12.8 Å². The predicted molar refractivity (Wildman–Crippen MR) is 50.2 cm³/mol. The third kappa shape index (κ3) is 2.99. The average molecular weight is 181 g/mol. The molecular weight excluding hydrogens is 166 g/mol. The van der Waals surface area contributed by atoms with Gasteiger partial charge in [0.15, 0.2) is 0 Å². The molecule has 1 aromatic heterocycles. The maximum Gasteiger partial charge on any atom is 0.140 e. The zero-order valence-corrected chi connectivity index (χ0v) is 7.86. The highest BCUT2D eigenvalue weighted by molar-refractivity contribution is 5.80. The second-order valence-electron chi connectivity index (χ2n) is 3.06. The van der Waals surface area contributed by atoms with Crippen molar-refractivity contribution in [1.29, 1.82) is 0 Å². The molecule has 0 spiro atoms. The van der Waals surface area contributed by atoms with Gasteiger partial charge in [-0.1, -0.05) is 0 Å². The second kappa shape index (κ2) is 4.77. The molecule has 4 nitrogen and oxygen atoms in total. The number of nitrogens with two attached hydrogens (primary N) is 1. The molecule has 0 aliphatic rings. The van der Waals surface area contributed by atoms with Crippen LogP contribution in [0.3, 0.4) is 0 Å². The molecule has 0 aliphatic heterocycles. The number of hydrogen-bond donors (Lipinski definition) is 1. The standard InChI is InChI=1S/C9H15N3O/c1-12-6-5-11-9(12)7-8(13)3-2-4-10/h5-6H,2-4,7,10H2,1H3. The molecule has 1 heterocycles. The van der Waals surface area contributed by atoms with Crippen LogP contribution < -0.4 is 5.73 Å². The fourth-order valence-corrected chi connectivity index (χ4v) is 1.13. The summed E-state index contributed by atoms with van der Waals surface area (Å²) in [6.07, 6.45) is 5.28. The lowest BCUT2D eigenvalue weighted by Gasteiger charge is -2.00. The lowest BCUT2D eigenvalue weighted by atomic mass is 10.1. The van der Waals surface area contributed by atoms with E-state index in [1.54, 1.807) is 6.20 Å². The van der Waals surface area contributed by atoms with Gasteiger partial charge in [0.25, 0.3) is 0 Å². The summed E-state index contributed by atoms with van der Waals surface area (Å²) < 4.78 is 1.86. The van der Waals surface area contributed by atoms with Gasteiger partial charge in [-0.3, -0.25) is 4.79 Å². The lowest BCUT2D eigenvalue weighted by Crippen LogP contribution is -2.09. The molecule has 2 N–H and O–H groups in total. The number of nitrogens with zero attached hydrogens (tertiary/aromatic N) is 2. The van der Waals surface area contributed by atoms with Crippen molar-refractivity contribution in [2.45, 2.75) is 19.3 Å². The monoisotopic (exact) mass is 181 g/mol. The molecule has 0 unspecified atom stereocenters. The van der Waals surface area contributed by atoms with Crippen LogP contribution in [0.15, 0.2) is 12.4 Å². The first-order valence-electron chi connectivity index (χ1n) is 4.42. The van der Waals surface area contributed by atoms with Gasteiger partial charge in [-0.2, -0.15) is 0 Å². The van der Waals surface area contributed by atoms with Crippen LogP contribution in [-0.2, 0) is 18.3 Å². The molecule has 0 saturated carbocycles.